The zero-order valence-electron chi connectivity index (χ0n) is 11.7. The van der Waals surface area contributed by atoms with Gasteiger partial charge < -0.3 is 9.73 Å². The van der Waals surface area contributed by atoms with E-state index in [0.29, 0.717) is 11.1 Å². The maximum atomic E-state index is 12.2. The van der Waals surface area contributed by atoms with Gasteiger partial charge in [-0.15, -0.1) is 0 Å². The molecule has 0 aliphatic heterocycles. The van der Waals surface area contributed by atoms with E-state index in [0.717, 1.165) is 4.31 Å². The number of carbonyl (C=O) groups is 1. The number of rotatable bonds is 5. The topological polar surface area (TPSA) is 79.6 Å². The van der Waals surface area contributed by atoms with E-state index >= 15 is 0 Å². The Morgan fingerprint density at radius 3 is 2.57 bits per heavy atom. The molecule has 0 bridgehead atoms. The van der Waals surface area contributed by atoms with E-state index in [1.54, 1.807) is 18.2 Å². The number of hydrogen-bond donors (Lipinski definition) is 1. The summed E-state index contributed by atoms with van der Waals surface area (Å²) in [4.78, 5) is 12.0. The number of sulfonamides is 1. The van der Waals surface area contributed by atoms with Crippen molar-refractivity contribution in [3.8, 4) is 0 Å². The van der Waals surface area contributed by atoms with Crippen molar-refractivity contribution in [3.63, 3.8) is 0 Å². The molecule has 2 aromatic rings. The second kappa shape index (κ2) is 6.11. The van der Waals surface area contributed by atoms with Crippen molar-refractivity contribution in [1.29, 1.82) is 0 Å². The van der Waals surface area contributed by atoms with Crippen LogP contribution in [0.4, 0.5) is 0 Å². The van der Waals surface area contributed by atoms with Gasteiger partial charge in [0, 0.05) is 20.6 Å². The second-order valence-electron chi connectivity index (χ2n) is 4.59. The van der Waals surface area contributed by atoms with Gasteiger partial charge in [0.15, 0.2) is 0 Å². The van der Waals surface area contributed by atoms with Gasteiger partial charge in [-0.25, -0.2) is 12.7 Å². The lowest BCUT2D eigenvalue weighted by Crippen LogP contribution is -2.26. The maximum absolute atomic E-state index is 12.2. The molecule has 0 unspecified atom stereocenters. The molecule has 1 heterocycles. The molecular formula is C14H16N2O4S. The number of benzene rings is 1. The Labute approximate surface area is 123 Å². The van der Waals surface area contributed by atoms with Gasteiger partial charge in [0.2, 0.25) is 10.0 Å². The summed E-state index contributed by atoms with van der Waals surface area (Å²) in [5, 5.41) is 2.67. The predicted octanol–water partition coefficient (Wildman–Crippen LogP) is 1.46. The van der Waals surface area contributed by atoms with Crippen LogP contribution in [0.5, 0.6) is 0 Å². The Bertz CT molecular complexity index is 721. The number of nitrogens with zero attached hydrogens (tertiary/aromatic N) is 1. The SMILES string of the molecule is CN(C)S(=O)(=O)c1ccccc1CNC(=O)c1ccoc1. The Morgan fingerprint density at radius 2 is 1.95 bits per heavy atom. The second-order valence-corrected chi connectivity index (χ2v) is 6.71. The molecule has 0 saturated heterocycles. The summed E-state index contributed by atoms with van der Waals surface area (Å²) in [7, 11) is -0.609. The third-order valence-electron chi connectivity index (χ3n) is 2.95. The Morgan fingerprint density at radius 1 is 1.24 bits per heavy atom. The fraction of sp³-hybridized carbons (Fsp3) is 0.214. The van der Waals surface area contributed by atoms with Crippen LogP contribution in [0.2, 0.25) is 0 Å². The van der Waals surface area contributed by atoms with Crippen molar-refractivity contribution in [2.24, 2.45) is 0 Å². The molecule has 0 aliphatic carbocycles. The predicted molar refractivity (Wildman–Crippen MR) is 77.2 cm³/mol. The van der Waals surface area contributed by atoms with E-state index in [1.165, 1.54) is 38.8 Å². The highest BCUT2D eigenvalue weighted by molar-refractivity contribution is 7.89. The van der Waals surface area contributed by atoms with E-state index in [9.17, 15) is 13.2 Å². The molecule has 1 aromatic carbocycles. The largest absolute Gasteiger partial charge is 0.472 e. The normalized spacial score (nSPS) is 11.6. The lowest BCUT2D eigenvalue weighted by Gasteiger charge is -2.15. The minimum absolute atomic E-state index is 0.118. The molecule has 0 aliphatic rings. The summed E-state index contributed by atoms with van der Waals surface area (Å²) >= 11 is 0. The number of nitrogens with one attached hydrogen (secondary N) is 1. The first-order valence-corrected chi connectivity index (χ1v) is 7.68. The standard InChI is InChI=1S/C14H16N2O4S/c1-16(2)21(18,19)13-6-4-3-5-11(13)9-15-14(17)12-7-8-20-10-12/h3-8,10H,9H2,1-2H3,(H,15,17). The van der Waals surface area contributed by atoms with Gasteiger partial charge in [0.1, 0.15) is 6.26 Å². The molecule has 0 fully saturated rings. The van der Waals surface area contributed by atoms with E-state index in [-0.39, 0.29) is 17.3 Å². The Balaban J connectivity index is 2.20. The summed E-state index contributed by atoms with van der Waals surface area (Å²) in [5.41, 5.74) is 0.922. The number of furan rings is 1. The highest BCUT2D eigenvalue weighted by Crippen LogP contribution is 2.18. The van der Waals surface area contributed by atoms with Crippen LogP contribution in [-0.2, 0) is 16.6 Å². The van der Waals surface area contributed by atoms with Crippen molar-refractivity contribution >= 4 is 15.9 Å². The minimum atomic E-state index is -3.55. The van der Waals surface area contributed by atoms with E-state index in [4.69, 9.17) is 4.42 Å². The van der Waals surface area contributed by atoms with Gasteiger partial charge >= 0.3 is 0 Å². The van der Waals surface area contributed by atoms with Gasteiger partial charge in [-0.1, -0.05) is 18.2 Å². The van der Waals surface area contributed by atoms with Gasteiger partial charge in [-0.05, 0) is 17.7 Å². The molecule has 1 N–H and O–H groups in total. The fourth-order valence-electron chi connectivity index (χ4n) is 1.77. The van der Waals surface area contributed by atoms with E-state index in [2.05, 4.69) is 5.32 Å². The van der Waals surface area contributed by atoms with Crippen LogP contribution in [0.25, 0.3) is 0 Å². The molecule has 0 saturated carbocycles. The van der Waals surface area contributed by atoms with Crippen LogP contribution in [0.3, 0.4) is 0 Å². The average Bonchev–Trinajstić information content (AvgIpc) is 2.99. The summed E-state index contributed by atoms with van der Waals surface area (Å²) in [6.45, 7) is 0.118. The third-order valence-corrected chi connectivity index (χ3v) is 4.87. The number of hydrogen-bond acceptors (Lipinski definition) is 4. The van der Waals surface area contributed by atoms with Crippen molar-refractivity contribution in [1.82, 2.24) is 9.62 Å². The minimum Gasteiger partial charge on any atom is -0.472 e. The van der Waals surface area contributed by atoms with Crippen molar-refractivity contribution in [2.75, 3.05) is 14.1 Å². The molecule has 6 nitrogen and oxygen atoms in total. The number of amides is 1. The van der Waals surface area contributed by atoms with Crippen LogP contribution >= 0.6 is 0 Å². The van der Waals surface area contributed by atoms with Crippen molar-refractivity contribution in [3.05, 3.63) is 54.0 Å². The molecule has 0 radical (unpaired) electrons. The van der Waals surface area contributed by atoms with Gasteiger partial charge in [0.05, 0.1) is 16.7 Å². The molecule has 1 amide bonds. The van der Waals surface area contributed by atoms with Crippen molar-refractivity contribution < 1.29 is 17.6 Å². The number of carbonyl (C=O) groups excluding carboxylic acids is 1. The van der Waals surface area contributed by atoms with Crippen LogP contribution in [-0.4, -0.2) is 32.7 Å². The fourth-order valence-corrected chi connectivity index (χ4v) is 2.88. The zero-order chi connectivity index (χ0) is 15.5. The first kappa shape index (κ1) is 15.3. The Kier molecular flexibility index (Phi) is 4.44. The first-order chi connectivity index (χ1) is 9.93. The third kappa shape index (κ3) is 3.32. The Hall–Kier alpha value is -2.12. The molecule has 21 heavy (non-hydrogen) atoms. The van der Waals surface area contributed by atoms with Crippen LogP contribution in [0.1, 0.15) is 15.9 Å². The highest BCUT2D eigenvalue weighted by Gasteiger charge is 2.20. The monoisotopic (exact) mass is 308 g/mol. The molecule has 1 aromatic heterocycles. The molecule has 2 rings (SSSR count). The smallest absolute Gasteiger partial charge is 0.254 e. The van der Waals surface area contributed by atoms with E-state index < -0.39 is 10.0 Å². The molecule has 112 valence electrons. The van der Waals surface area contributed by atoms with Crippen LogP contribution in [0.15, 0.2) is 52.2 Å². The van der Waals surface area contributed by atoms with Gasteiger partial charge in [-0.3, -0.25) is 4.79 Å². The quantitative estimate of drug-likeness (QED) is 0.907. The van der Waals surface area contributed by atoms with E-state index in [1.807, 2.05) is 0 Å². The van der Waals surface area contributed by atoms with Crippen LogP contribution in [0, 0.1) is 0 Å². The zero-order valence-corrected chi connectivity index (χ0v) is 12.6. The molecule has 0 atom stereocenters. The summed E-state index contributed by atoms with van der Waals surface area (Å²) in [6, 6.07) is 8.12. The summed E-state index contributed by atoms with van der Waals surface area (Å²) < 4.78 is 30.4. The van der Waals surface area contributed by atoms with Crippen LogP contribution < -0.4 is 5.32 Å². The molecular weight excluding hydrogens is 292 g/mol. The van der Waals surface area contributed by atoms with Crippen molar-refractivity contribution in [2.45, 2.75) is 11.4 Å². The van der Waals surface area contributed by atoms with Gasteiger partial charge in [0.25, 0.3) is 5.91 Å². The highest BCUT2D eigenvalue weighted by atomic mass is 32.2. The average molecular weight is 308 g/mol. The molecule has 0 spiro atoms. The van der Waals surface area contributed by atoms with Gasteiger partial charge in [-0.2, -0.15) is 0 Å². The first-order valence-electron chi connectivity index (χ1n) is 6.24. The lowest BCUT2D eigenvalue weighted by molar-refractivity contribution is 0.0950. The molecule has 7 heteroatoms. The maximum Gasteiger partial charge on any atom is 0.254 e. The summed E-state index contributed by atoms with van der Waals surface area (Å²) in [5.74, 6) is -0.319. The lowest BCUT2D eigenvalue weighted by atomic mass is 10.2. The summed E-state index contributed by atoms with van der Waals surface area (Å²) in [6.07, 6.45) is 2.73.